The van der Waals surface area contributed by atoms with Crippen LogP contribution in [0.4, 0.5) is 0 Å². The fourth-order valence-electron chi connectivity index (χ4n) is 1.48. The van der Waals surface area contributed by atoms with E-state index in [1.165, 1.54) is 13.2 Å². The maximum Gasteiger partial charge on any atom is 0.336 e. The second-order valence-electron chi connectivity index (χ2n) is 4.47. The van der Waals surface area contributed by atoms with Gasteiger partial charge in [-0.05, 0) is 30.7 Å². The van der Waals surface area contributed by atoms with Gasteiger partial charge in [-0.15, -0.1) is 0 Å². The molecule has 0 saturated heterocycles. The average Bonchev–Trinajstić information content (AvgIpc) is 2.56. The topological polar surface area (TPSA) is 66.2 Å². The third kappa shape index (κ3) is 6.06. The Morgan fingerprint density at radius 1 is 1.22 bits per heavy atom. The van der Waals surface area contributed by atoms with Crippen molar-refractivity contribution in [1.29, 1.82) is 0 Å². The Hall–Kier alpha value is -3.07. The lowest BCUT2D eigenvalue weighted by molar-refractivity contribution is -0.139. The molecule has 23 heavy (non-hydrogen) atoms. The zero-order valence-corrected chi connectivity index (χ0v) is 13.0. The van der Waals surface area contributed by atoms with Crippen molar-refractivity contribution >= 4 is 18.0 Å². The first-order chi connectivity index (χ1) is 11.0. The molecule has 0 aliphatic carbocycles. The summed E-state index contributed by atoms with van der Waals surface area (Å²) in [6.07, 6.45) is 1.43. The lowest BCUT2D eigenvalue weighted by atomic mass is 10.2. The zero-order chi connectivity index (χ0) is 17.2. The number of hydrogen-bond donors (Lipinski definition) is 0. The second kappa shape index (κ2) is 9.05. The smallest absolute Gasteiger partial charge is 0.336 e. The number of carbonyl (C=O) groups excluding carboxylic acids is 2. The van der Waals surface area contributed by atoms with E-state index < -0.39 is 11.9 Å². The molecule has 1 aromatic rings. The largest absolute Gasteiger partial charge is 0.490 e. The number of esters is 2. The summed E-state index contributed by atoms with van der Waals surface area (Å²) >= 11 is 0. The molecule has 0 unspecified atom stereocenters. The minimum absolute atomic E-state index is 0.104. The number of rotatable bonds is 7. The molecular formula is C17H17NO5. The molecule has 0 fully saturated rings. The standard InChI is InChI=1S/C17H17NO5/c1-12(2)16(19)23-10-9-22-14-7-5-13(6-8-14)11-15(18-3)17(20)21-4/h5-8,11H,1,9-10H2,2,4H3. The summed E-state index contributed by atoms with van der Waals surface area (Å²) < 4.78 is 14.8. The highest BCUT2D eigenvalue weighted by Gasteiger charge is 2.09. The SMILES string of the molecule is [C-]#[N+]C(=Cc1ccc(OCCOC(=O)C(=C)C)cc1)C(=O)OC. The third-order valence-corrected chi connectivity index (χ3v) is 2.63. The minimum Gasteiger partial charge on any atom is -0.490 e. The molecular weight excluding hydrogens is 298 g/mol. The predicted molar refractivity (Wildman–Crippen MR) is 84.3 cm³/mol. The van der Waals surface area contributed by atoms with Crippen LogP contribution >= 0.6 is 0 Å². The van der Waals surface area contributed by atoms with E-state index in [0.29, 0.717) is 16.9 Å². The Balaban J connectivity index is 2.55. The molecule has 0 atom stereocenters. The molecule has 1 aromatic carbocycles. The summed E-state index contributed by atoms with van der Waals surface area (Å²) in [7, 11) is 1.22. The summed E-state index contributed by atoms with van der Waals surface area (Å²) in [5, 5.41) is 0. The van der Waals surface area contributed by atoms with Gasteiger partial charge in [0.1, 0.15) is 19.0 Å². The molecule has 0 saturated carbocycles. The molecule has 0 spiro atoms. The molecule has 0 radical (unpaired) electrons. The number of ether oxygens (including phenoxy) is 3. The van der Waals surface area contributed by atoms with Gasteiger partial charge in [0, 0.05) is 5.57 Å². The average molecular weight is 315 g/mol. The van der Waals surface area contributed by atoms with Crippen LogP contribution in [0.5, 0.6) is 5.75 Å². The van der Waals surface area contributed by atoms with Gasteiger partial charge in [0.15, 0.2) is 0 Å². The Labute approximate surface area is 134 Å². The van der Waals surface area contributed by atoms with Crippen molar-refractivity contribution < 1.29 is 23.8 Å². The summed E-state index contributed by atoms with van der Waals surface area (Å²) in [6, 6.07) is 6.77. The molecule has 1 rings (SSSR count). The number of benzene rings is 1. The van der Waals surface area contributed by atoms with Crippen LogP contribution in [-0.4, -0.2) is 32.3 Å². The van der Waals surface area contributed by atoms with Crippen LogP contribution in [-0.2, 0) is 19.1 Å². The lowest BCUT2D eigenvalue weighted by Crippen LogP contribution is -2.12. The van der Waals surface area contributed by atoms with Gasteiger partial charge in [0.2, 0.25) is 0 Å². The quantitative estimate of drug-likeness (QED) is 0.335. The number of nitrogens with zero attached hydrogens (tertiary/aromatic N) is 1. The maximum absolute atomic E-state index is 11.3. The highest BCUT2D eigenvalue weighted by atomic mass is 16.6. The highest BCUT2D eigenvalue weighted by molar-refractivity contribution is 5.95. The van der Waals surface area contributed by atoms with Crippen molar-refractivity contribution in [3.8, 4) is 5.75 Å². The Morgan fingerprint density at radius 3 is 2.39 bits per heavy atom. The molecule has 0 amide bonds. The number of carbonyl (C=O) groups is 2. The Morgan fingerprint density at radius 2 is 1.87 bits per heavy atom. The van der Waals surface area contributed by atoms with Gasteiger partial charge in [-0.2, -0.15) is 0 Å². The molecule has 0 aromatic heterocycles. The first-order valence-corrected chi connectivity index (χ1v) is 6.71. The zero-order valence-electron chi connectivity index (χ0n) is 13.0. The third-order valence-electron chi connectivity index (χ3n) is 2.63. The lowest BCUT2D eigenvalue weighted by Gasteiger charge is -2.07. The predicted octanol–water partition coefficient (Wildman–Crippen LogP) is 2.62. The van der Waals surface area contributed by atoms with Crippen LogP contribution < -0.4 is 4.74 Å². The van der Waals surface area contributed by atoms with E-state index in [9.17, 15) is 9.59 Å². The Kier molecular flexibility index (Phi) is 7.08. The fourth-order valence-corrected chi connectivity index (χ4v) is 1.48. The van der Waals surface area contributed by atoms with Crippen molar-refractivity contribution in [1.82, 2.24) is 0 Å². The van der Waals surface area contributed by atoms with E-state index in [0.717, 1.165) is 0 Å². The minimum atomic E-state index is -0.681. The molecule has 0 aliphatic rings. The van der Waals surface area contributed by atoms with Gasteiger partial charge in [0.25, 0.3) is 5.70 Å². The van der Waals surface area contributed by atoms with Crippen LogP contribution in [0.3, 0.4) is 0 Å². The molecule has 0 aliphatic heterocycles. The van der Waals surface area contributed by atoms with Crippen molar-refractivity contribution in [2.45, 2.75) is 6.92 Å². The van der Waals surface area contributed by atoms with E-state index in [1.807, 2.05) is 0 Å². The van der Waals surface area contributed by atoms with Gasteiger partial charge in [0.05, 0.1) is 13.7 Å². The highest BCUT2D eigenvalue weighted by Crippen LogP contribution is 2.15. The van der Waals surface area contributed by atoms with Crippen molar-refractivity contribution in [3.63, 3.8) is 0 Å². The van der Waals surface area contributed by atoms with Crippen LogP contribution in [0.2, 0.25) is 0 Å². The van der Waals surface area contributed by atoms with Crippen molar-refractivity contribution in [2.75, 3.05) is 20.3 Å². The second-order valence-corrected chi connectivity index (χ2v) is 4.47. The first kappa shape index (κ1) is 18.0. The summed E-state index contributed by atoms with van der Waals surface area (Å²) in [5.41, 5.74) is 0.901. The van der Waals surface area contributed by atoms with Crippen molar-refractivity contribution in [2.24, 2.45) is 0 Å². The van der Waals surface area contributed by atoms with Crippen molar-refractivity contribution in [3.05, 3.63) is 59.1 Å². The van der Waals surface area contributed by atoms with Gasteiger partial charge >= 0.3 is 11.9 Å². The first-order valence-electron chi connectivity index (χ1n) is 6.71. The normalized spacial score (nSPS) is 10.4. The van der Waals surface area contributed by atoms with E-state index in [1.54, 1.807) is 31.2 Å². The molecule has 6 nitrogen and oxygen atoms in total. The van der Waals surface area contributed by atoms with Crippen LogP contribution in [0.25, 0.3) is 10.9 Å². The van der Waals surface area contributed by atoms with Crippen LogP contribution in [0, 0.1) is 6.57 Å². The van der Waals surface area contributed by atoms with Crippen LogP contribution in [0.15, 0.2) is 42.1 Å². The summed E-state index contributed by atoms with van der Waals surface area (Å²) in [4.78, 5) is 25.6. The molecule has 0 bridgehead atoms. The monoisotopic (exact) mass is 315 g/mol. The maximum atomic E-state index is 11.3. The number of hydrogen-bond acceptors (Lipinski definition) is 5. The van der Waals surface area contributed by atoms with E-state index >= 15 is 0 Å². The van der Waals surface area contributed by atoms with Gasteiger partial charge < -0.3 is 14.2 Å². The number of methoxy groups -OCH3 is 1. The van der Waals surface area contributed by atoms with Crippen LogP contribution in [0.1, 0.15) is 12.5 Å². The van der Waals surface area contributed by atoms with Gasteiger partial charge in [-0.3, -0.25) is 4.79 Å². The van der Waals surface area contributed by atoms with E-state index in [2.05, 4.69) is 16.2 Å². The summed E-state index contributed by atoms with van der Waals surface area (Å²) in [5.74, 6) is -0.556. The van der Waals surface area contributed by atoms with E-state index in [4.69, 9.17) is 16.0 Å². The fraction of sp³-hybridized carbons (Fsp3) is 0.235. The molecule has 6 heteroatoms. The van der Waals surface area contributed by atoms with Gasteiger partial charge in [-0.25, -0.2) is 9.64 Å². The molecule has 0 N–H and O–H groups in total. The van der Waals surface area contributed by atoms with E-state index in [-0.39, 0.29) is 18.9 Å². The van der Waals surface area contributed by atoms with Gasteiger partial charge in [-0.1, -0.05) is 18.7 Å². The molecule has 120 valence electrons. The summed E-state index contributed by atoms with van der Waals surface area (Å²) in [6.45, 7) is 12.3. The molecule has 0 heterocycles. The Bertz CT molecular complexity index is 653.